The summed E-state index contributed by atoms with van der Waals surface area (Å²) in [6.45, 7) is 2.08. The molecule has 2 amide bonds. The number of carbonyl (C=O) groups excluding carboxylic acids is 2. The van der Waals surface area contributed by atoms with Crippen molar-refractivity contribution in [3.8, 4) is 5.75 Å². The minimum absolute atomic E-state index is 0.220. The number of carbonyl (C=O) groups is 2. The van der Waals surface area contributed by atoms with E-state index < -0.39 is 17.6 Å². The maximum Gasteiger partial charge on any atom is 0.251 e. The lowest BCUT2D eigenvalue weighted by Crippen LogP contribution is -2.32. The molecule has 0 aliphatic carbocycles. The molecule has 3 aromatic rings. The predicted octanol–water partition coefficient (Wildman–Crippen LogP) is 4.08. The van der Waals surface area contributed by atoms with Crippen molar-refractivity contribution in [3.63, 3.8) is 0 Å². The Labute approximate surface area is 168 Å². The van der Waals surface area contributed by atoms with Crippen LogP contribution >= 0.6 is 0 Å². The molecule has 0 fully saturated rings. The van der Waals surface area contributed by atoms with Crippen LogP contribution < -0.4 is 15.4 Å². The molecule has 0 aliphatic heterocycles. The third kappa shape index (κ3) is 5.90. The fourth-order valence-electron chi connectivity index (χ4n) is 2.65. The molecule has 2 N–H and O–H groups in total. The van der Waals surface area contributed by atoms with Crippen molar-refractivity contribution in [1.82, 2.24) is 5.32 Å². The van der Waals surface area contributed by atoms with Crippen molar-refractivity contribution in [3.05, 3.63) is 95.3 Å². The summed E-state index contributed by atoms with van der Waals surface area (Å²) in [5.41, 5.74) is 2.81. The second-order valence-electron chi connectivity index (χ2n) is 6.51. The van der Waals surface area contributed by atoms with Gasteiger partial charge in [-0.1, -0.05) is 36.4 Å². The molecular formula is C23H21FN2O3. The van der Waals surface area contributed by atoms with Gasteiger partial charge in [-0.15, -0.1) is 0 Å². The summed E-state index contributed by atoms with van der Waals surface area (Å²) in [4.78, 5) is 24.3. The van der Waals surface area contributed by atoms with Crippen molar-refractivity contribution in [2.75, 3.05) is 11.9 Å². The van der Waals surface area contributed by atoms with E-state index in [4.69, 9.17) is 4.74 Å². The zero-order valence-corrected chi connectivity index (χ0v) is 15.9. The highest BCUT2D eigenvalue weighted by Crippen LogP contribution is 2.26. The van der Waals surface area contributed by atoms with Gasteiger partial charge in [-0.2, -0.15) is 0 Å². The Bertz CT molecular complexity index is 989. The number of ether oxygens (including phenoxy) is 1. The molecule has 29 heavy (non-hydrogen) atoms. The Morgan fingerprint density at radius 2 is 1.69 bits per heavy atom. The predicted molar refractivity (Wildman–Crippen MR) is 109 cm³/mol. The molecule has 148 valence electrons. The third-order valence-electron chi connectivity index (χ3n) is 4.16. The smallest absolute Gasteiger partial charge is 0.251 e. The number of halogens is 1. The highest BCUT2D eigenvalue weighted by Gasteiger charge is 2.11. The van der Waals surface area contributed by atoms with Crippen LogP contribution in [0.2, 0.25) is 0 Å². The van der Waals surface area contributed by atoms with Gasteiger partial charge in [-0.05, 0) is 54.4 Å². The van der Waals surface area contributed by atoms with Crippen LogP contribution in [0.25, 0.3) is 0 Å². The van der Waals surface area contributed by atoms with Gasteiger partial charge < -0.3 is 15.4 Å². The van der Waals surface area contributed by atoms with E-state index in [-0.39, 0.29) is 12.1 Å². The average molecular weight is 392 g/mol. The summed E-state index contributed by atoms with van der Waals surface area (Å²) < 4.78 is 18.8. The van der Waals surface area contributed by atoms with E-state index in [0.29, 0.717) is 18.0 Å². The van der Waals surface area contributed by atoms with Gasteiger partial charge in [0.15, 0.2) is 0 Å². The zero-order chi connectivity index (χ0) is 20.6. The van der Waals surface area contributed by atoms with Crippen LogP contribution in [0.3, 0.4) is 0 Å². The molecule has 3 aromatic carbocycles. The minimum atomic E-state index is -0.454. The van der Waals surface area contributed by atoms with Crippen molar-refractivity contribution in [2.24, 2.45) is 0 Å². The Morgan fingerprint density at radius 3 is 2.41 bits per heavy atom. The summed E-state index contributed by atoms with van der Waals surface area (Å²) in [5, 5.41) is 5.26. The molecule has 0 spiro atoms. The number of nitrogens with one attached hydrogen (secondary N) is 2. The monoisotopic (exact) mass is 392 g/mol. The lowest BCUT2D eigenvalue weighted by atomic mass is 10.2. The molecular weight excluding hydrogens is 371 g/mol. The van der Waals surface area contributed by atoms with Crippen molar-refractivity contribution < 1.29 is 18.7 Å². The molecule has 0 aliphatic rings. The summed E-state index contributed by atoms with van der Waals surface area (Å²) in [6.07, 6.45) is 0. The normalized spacial score (nSPS) is 10.3. The van der Waals surface area contributed by atoms with E-state index in [1.165, 1.54) is 24.3 Å². The summed E-state index contributed by atoms with van der Waals surface area (Å²) in [5.74, 6) is -0.729. The van der Waals surface area contributed by atoms with Gasteiger partial charge in [0.25, 0.3) is 5.91 Å². The van der Waals surface area contributed by atoms with Crippen LogP contribution in [0, 0.1) is 12.7 Å². The zero-order valence-electron chi connectivity index (χ0n) is 15.9. The lowest BCUT2D eigenvalue weighted by Gasteiger charge is -2.14. The number of hydrogen-bond acceptors (Lipinski definition) is 3. The second-order valence-corrected chi connectivity index (χ2v) is 6.51. The minimum Gasteiger partial charge on any atom is -0.487 e. The van der Waals surface area contributed by atoms with Gasteiger partial charge in [0, 0.05) is 5.56 Å². The Kier molecular flexibility index (Phi) is 6.58. The first-order valence-corrected chi connectivity index (χ1v) is 9.12. The third-order valence-corrected chi connectivity index (χ3v) is 4.16. The van der Waals surface area contributed by atoms with Crippen molar-refractivity contribution >= 4 is 17.5 Å². The first-order valence-electron chi connectivity index (χ1n) is 9.12. The van der Waals surface area contributed by atoms with Crippen LogP contribution in [-0.2, 0) is 11.4 Å². The fourth-order valence-corrected chi connectivity index (χ4v) is 2.65. The Balaban J connectivity index is 1.59. The van der Waals surface area contributed by atoms with E-state index in [1.54, 1.807) is 6.07 Å². The Morgan fingerprint density at radius 1 is 0.966 bits per heavy atom. The van der Waals surface area contributed by atoms with Gasteiger partial charge in [-0.25, -0.2) is 4.39 Å². The number of amides is 2. The van der Waals surface area contributed by atoms with Crippen LogP contribution in [0.4, 0.5) is 10.1 Å². The topological polar surface area (TPSA) is 67.4 Å². The Hall–Kier alpha value is -3.67. The number of aryl methyl sites for hydroxylation is 1. The SMILES string of the molecule is Cc1ccc(NC(=O)CNC(=O)c2ccc(F)cc2)c(OCc2ccccc2)c1. The molecule has 6 heteroatoms. The first-order chi connectivity index (χ1) is 14.0. The molecule has 0 aromatic heterocycles. The van der Waals surface area contributed by atoms with Gasteiger partial charge >= 0.3 is 0 Å². The molecule has 0 bridgehead atoms. The van der Waals surface area contributed by atoms with E-state index in [1.807, 2.05) is 49.4 Å². The number of rotatable bonds is 7. The van der Waals surface area contributed by atoms with Gasteiger partial charge in [0.2, 0.25) is 5.91 Å². The van der Waals surface area contributed by atoms with E-state index in [2.05, 4.69) is 10.6 Å². The van der Waals surface area contributed by atoms with Gasteiger partial charge in [0.05, 0.1) is 12.2 Å². The molecule has 0 saturated carbocycles. The van der Waals surface area contributed by atoms with Crippen LogP contribution in [-0.4, -0.2) is 18.4 Å². The quantitative estimate of drug-likeness (QED) is 0.637. The molecule has 0 atom stereocenters. The summed E-state index contributed by atoms with van der Waals surface area (Å²) in [6, 6.07) is 20.3. The standard InChI is InChI=1S/C23H21FN2O3/c1-16-7-12-20(21(13-16)29-15-17-5-3-2-4-6-17)26-22(27)14-25-23(28)18-8-10-19(24)11-9-18/h2-13H,14-15H2,1H3,(H,25,28)(H,26,27). The molecule has 0 unspecified atom stereocenters. The number of anilines is 1. The first kappa shape index (κ1) is 20.1. The highest BCUT2D eigenvalue weighted by atomic mass is 19.1. The number of benzene rings is 3. The number of hydrogen-bond donors (Lipinski definition) is 2. The molecule has 3 rings (SSSR count). The van der Waals surface area contributed by atoms with Gasteiger partial charge in [-0.3, -0.25) is 9.59 Å². The molecule has 5 nitrogen and oxygen atoms in total. The molecule has 0 radical (unpaired) electrons. The van der Waals surface area contributed by atoms with Crippen molar-refractivity contribution in [2.45, 2.75) is 13.5 Å². The lowest BCUT2D eigenvalue weighted by molar-refractivity contribution is -0.115. The highest BCUT2D eigenvalue weighted by molar-refractivity contribution is 5.99. The second kappa shape index (κ2) is 9.50. The maximum absolute atomic E-state index is 12.9. The molecule has 0 heterocycles. The largest absolute Gasteiger partial charge is 0.487 e. The van der Waals surface area contributed by atoms with E-state index in [0.717, 1.165) is 11.1 Å². The molecule has 0 saturated heterocycles. The van der Waals surface area contributed by atoms with Gasteiger partial charge in [0.1, 0.15) is 18.2 Å². The summed E-state index contributed by atoms with van der Waals surface area (Å²) in [7, 11) is 0. The van der Waals surface area contributed by atoms with Crippen LogP contribution in [0.15, 0.2) is 72.8 Å². The average Bonchev–Trinajstić information content (AvgIpc) is 2.73. The fraction of sp³-hybridized carbons (Fsp3) is 0.130. The van der Waals surface area contributed by atoms with Crippen LogP contribution in [0.5, 0.6) is 5.75 Å². The maximum atomic E-state index is 12.9. The van der Waals surface area contributed by atoms with E-state index >= 15 is 0 Å². The van der Waals surface area contributed by atoms with E-state index in [9.17, 15) is 14.0 Å². The summed E-state index contributed by atoms with van der Waals surface area (Å²) >= 11 is 0. The van der Waals surface area contributed by atoms with Crippen LogP contribution in [0.1, 0.15) is 21.5 Å². The van der Waals surface area contributed by atoms with Crippen molar-refractivity contribution in [1.29, 1.82) is 0 Å².